The molecule has 12 rings (SSSR count). The van der Waals surface area contributed by atoms with Crippen LogP contribution in [0.25, 0.3) is 66.9 Å². The molecule has 12 aromatic rings. The van der Waals surface area contributed by atoms with E-state index in [0.717, 1.165) is 78.8 Å². The lowest BCUT2D eigenvalue weighted by Gasteiger charge is -2.26. The number of aromatic nitrogens is 3. The average Bonchev–Trinajstić information content (AvgIpc) is 3.93. The van der Waals surface area contributed by atoms with E-state index in [9.17, 15) is 0 Å². The molecule has 0 fully saturated rings. The maximum Gasteiger partial charge on any atom is 0.220 e. The third kappa shape index (κ3) is 7.05. The number of hydrogen-bond donors (Lipinski definition) is 0. The Balaban J connectivity index is 0.970. The Labute approximate surface area is 384 Å². The van der Waals surface area contributed by atoms with E-state index in [1.165, 1.54) is 22.3 Å². The predicted molar refractivity (Wildman–Crippen MR) is 275 cm³/mol. The van der Waals surface area contributed by atoms with Gasteiger partial charge >= 0.3 is 0 Å². The van der Waals surface area contributed by atoms with Crippen molar-refractivity contribution >= 4 is 62.0 Å². The van der Waals surface area contributed by atoms with Crippen LogP contribution in [0.3, 0.4) is 0 Å². The maximum absolute atomic E-state index is 5.31. The third-order valence-electron chi connectivity index (χ3n) is 12.5. The van der Waals surface area contributed by atoms with Crippen molar-refractivity contribution in [1.82, 2.24) is 14.0 Å². The number of rotatable bonds is 10. The molecule has 5 nitrogen and oxygen atoms in total. The summed E-state index contributed by atoms with van der Waals surface area (Å²) in [5, 5.41) is 0. The summed E-state index contributed by atoms with van der Waals surface area (Å²) in [6, 6.07) is 92.8. The lowest BCUT2D eigenvalue weighted by atomic mass is 10.0. The van der Waals surface area contributed by atoms with E-state index in [1.807, 2.05) is 0 Å². The van der Waals surface area contributed by atoms with Crippen LogP contribution < -0.4 is 9.80 Å². The van der Waals surface area contributed by atoms with Crippen LogP contribution in [0.5, 0.6) is 0 Å². The van der Waals surface area contributed by atoms with Gasteiger partial charge in [0.05, 0.1) is 22.1 Å². The molecule has 0 spiro atoms. The summed E-state index contributed by atoms with van der Waals surface area (Å²) in [6.45, 7) is 0. The third-order valence-corrected chi connectivity index (χ3v) is 12.5. The average molecular weight is 846 g/mol. The van der Waals surface area contributed by atoms with Crippen LogP contribution in [0.4, 0.5) is 34.1 Å². The zero-order valence-corrected chi connectivity index (χ0v) is 36.1. The molecule has 0 aliphatic carbocycles. The summed E-state index contributed by atoms with van der Waals surface area (Å²) < 4.78 is 4.60. The standard InChI is InChI=1S/C61H43N5/c1-6-16-44(17-7-1)46-26-33-53(34-27-46)63(54-35-28-47(29-36-54)45-18-8-2-9-19-45)55-37-30-48(31-38-55)49-32-41-58-60(42-49)66-59-43-56(64(50-20-10-3-11-21-50)51-22-12-4-13-23-51)39-40-57(59)62-61(66)65(58)52-24-14-5-15-25-52/h1-43H. The van der Waals surface area contributed by atoms with E-state index in [4.69, 9.17) is 4.98 Å². The van der Waals surface area contributed by atoms with Gasteiger partial charge < -0.3 is 9.80 Å². The van der Waals surface area contributed by atoms with Gasteiger partial charge in [0, 0.05) is 39.8 Å². The van der Waals surface area contributed by atoms with Crippen molar-refractivity contribution in [1.29, 1.82) is 0 Å². The van der Waals surface area contributed by atoms with Gasteiger partial charge in [-0.2, -0.15) is 0 Å². The zero-order chi connectivity index (χ0) is 43.8. The summed E-state index contributed by atoms with van der Waals surface area (Å²) in [6.07, 6.45) is 0. The highest BCUT2D eigenvalue weighted by Gasteiger charge is 2.21. The summed E-state index contributed by atoms with van der Waals surface area (Å²) in [4.78, 5) is 9.96. The van der Waals surface area contributed by atoms with Gasteiger partial charge in [0.1, 0.15) is 0 Å². The second-order valence-electron chi connectivity index (χ2n) is 16.5. The van der Waals surface area contributed by atoms with E-state index in [0.29, 0.717) is 0 Å². The van der Waals surface area contributed by atoms with Crippen LogP contribution in [0.2, 0.25) is 0 Å². The quantitative estimate of drug-likeness (QED) is 0.137. The van der Waals surface area contributed by atoms with Gasteiger partial charge in [0.2, 0.25) is 5.78 Å². The SMILES string of the molecule is c1ccc(-c2ccc(N(c3ccc(-c4ccccc4)cc3)c3ccc(-c4ccc5c(c4)n4c6cc(N(c7ccccc7)c7ccccc7)ccc6nc4n5-c4ccccc4)cc3)cc2)cc1. The number of nitrogens with zero attached hydrogens (tertiary/aromatic N) is 5. The Bertz CT molecular complexity index is 3460. The fourth-order valence-electron chi connectivity index (χ4n) is 9.31. The van der Waals surface area contributed by atoms with Gasteiger partial charge in [0.15, 0.2) is 0 Å². The van der Waals surface area contributed by atoms with Crippen molar-refractivity contribution in [3.8, 4) is 39.1 Å². The van der Waals surface area contributed by atoms with Gasteiger partial charge in [-0.05, 0) is 137 Å². The van der Waals surface area contributed by atoms with E-state index in [2.05, 4.69) is 280 Å². The molecular formula is C61H43N5. The molecular weight excluding hydrogens is 803 g/mol. The van der Waals surface area contributed by atoms with Crippen molar-refractivity contribution in [2.24, 2.45) is 0 Å². The van der Waals surface area contributed by atoms with Crippen LogP contribution in [0.15, 0.2) is 261 Å². The molecule has 0 aliphatic rings. The fourth-order valence-corrected chi connectivity index (χ4v) is 9.31. The summed E-state index contributed by atoms with van der Waals surface area (Å²) in [5.41, 5.74) is 18.7. The molecule has 10 aromatic carbocycles. The second-order valence-corrected chi connectivity index (χ2v) is 16.5. The largest absolute Gasteiger partial charge is 0.311 e. The van der Waals surface area contributed by atoms with Crippen LogP contribution in [0, 0.1) is 0 Å². The van der Waals surface area contributed by atoms with E-state index >= 15 is 0 Å². The molecule has 0 atom stereocenters. The summed E-state index contributed by atoms with van der Waals surface area (Å²) in [7, 11) is 0. The van der Waals surface area contributed by atoms with Crippen molar-refractivity contribution < 1.29 is 0 Å². The van der Waals surface area contributed by atoms with Crippen molar-refractivity contribution in [2.45, 2.75) is 0 Å². The maximum atomic E-state index is 5.31. The minimum atomic E-state index is 0.869. The smallest absolute Gasteiger partial charge is 0.220 e. The van der Waals surface area contributed by atoms with E-state index in [-0.39, 0.29) is 0 Å². The molecule has 66 heavy (non-hydrogen) atoms. The number of para-hydroxylation sites is 3. The van der Waals surface area contributed by atoms with Crippen LogP contribution in [0.1, 0.15) is 0 Å². The number of fused-ring (bicyclic) bond motifs is 5. The first-order valence-electron chi connectivity index (χ1n) is 22.4. The minimum Gasteiger partial charge on any atom is -0.311 e. The summed E-state index contributed by atoms with van der Waals surface area (Å²) in [5.74, 6) is 0.869. The number of hydrogen-bond acceptors (Lipinski definition) is 3. The predicted octanol–water partition coefficient (Wildman–Crippen LogP) is 16.4. The molecule has 0 radical (unpaired) electrons. The van der Waals surface area contributed by atoms with Crippen molar-refractivity contribution in [2.75, 3.05) is 9.80 Å². The normalized spacial score (nSPS) is 11.3. The minimum absolute atomic E-state index is 0.869. The Morgan fingerprint density at radius 3 is 1.15 bits per heavy atom. The lowest BCUT2D eigenvalue weighted by molar-refractivity contribution is 1.11. The molecule has 0 unspecified atom stereocenters. The molecule has 5 heteroatoms. The first kappa shape index (κ1) is 38.7. The van der Waals surface area contributed by atoms with Gasteiger partial charge in [-0.15, -0.1) is 0 Å². The number of benzene rings is 10. The zero-order valence-electron chi connectivity index (χ0n) is 36.1. The molecule has 0 amide bonds. The van der Waals surface area contributed by atoms with E-state index < -0.39 is 0 Å². The Morgan fingerprint density at radius 1 is 0.273 bits per heavy atom. The first-order valence-corrected chi connectivity index (χ1v) is 22.4. The summed E-state index contributed by atoms with van der Waals surface area (Å²) >= 11 is 0. The highest BCUT2D eigenvalue weighted by atomic mass is 15.2. The lowest BCUT2D eigenvalue weighted by Crippen LogP contribution is -2.09. The Hall–Kier alpha value is -8.93. The molecule has 0 saturated heterocycles. The van der Waals surface area contributed by atoms with Gasteiger partial charge in [-0.25, -0.2) is 4.98 Å². The van der Waals surface area contributed by atoms with Crippen molar-refractivity contribution in [3.63, 3.8) is 0 Å². The topological polar surface area (TPSA) is 28.7 Å². The molecule has 0 aliphatic heterocycles. The molecule has 2 heterocycles. The van der Waals surface area contributed by atoms with Crippen molar-refractivity contribution in [3.05, 3.63) is 261 Å². The molecule has 0 saturated carbocycles. The van der Waals surface area contributed by atoms with Crippen LogP contribution >= 0.6 is 0 Å². The molecule has 312 valence electrons. The second kappa shape index (κ2) is 16.6. The Kier molecular flexibility index (Phi) is 9.77. The fraction of sp³-hybridized carbons (Fsp3) is 0. The molecule has 2 aromatic heterocycles. The highest BCUT2D eigenvalue weighted by molar-refractivity contribution is 5.96. The van der Waals surface area contributed by atoms with Gasteiger partial charge in [-0.3, -0.25) is 8.97 Å². The first-order chi connectivity index (χ1) is 32.7. The number of anilines is 6. The molecule has 0 bridgehead atoms. The van der Waals surface area contributed by atoms with Gasteiger partial charge in [-0.1, -0.05) is 158 Å². The highest BCUT2D eigenvalue weighted by Crippen LogP contribution is 2.40. The number of imidazole rings is 2. The van der Waals surface area contributed by atoms with E-state index in [1.54, 1.807) is 0 Å². The van der Waals surface area contributed by atoms with Crippen LogP contribution in [-0.2, 0) is 0 Å². The van der Waals surface area contributed by atoms with Crippen LogP contribution in [-0.4, -0.2) is 14.0 Å². The Morgan fingerprint density at radius 2 is 0.652 bits per heavy atom. The molecule has 0 N–H and O–H groups in total. The monoisotopic (exact) mass is 845 g/mol. The van der Waals surface area contributed by atoms with Gasteiger partial charge in [0.25, 0.3) is 0 Å².